The van der Waals surface area contributed by atoms with Crippen molar-refractivity contribution in [3.63, 3.8) is 0 Å². The molecule has 4 aromatic rings. The maximum atomic E-state index is 12.7. The van der Waals surface area contributed by atoms with E-state index in [1.54, 1.807) is 23.0 Å². The van der Waals surface area contributed by atoms with Crippen molar-refractivity contribution in [3.8, 4) is 11.3 Å². The van der Waals surface area contributed by atoms with E-state index >= 15 is 0 Å². The van der Waals surface area contributed by atoms with Crippen LogP contribution in [-0.4, -0.2) is 20.1 Å². The molecule has 0 saturated carbocycles. The number of benzene rings is 2. The second-order valence-corrected chi connectivity index (χ2v) is 6.72. The molecule has 0 aliphatic carbocycles. The van der Waals surface area contributed by atoms with Gasteiger partial charge in [0.15, 0.2) is 0 Å². The Kier molecular flexibility index (Phi) is 4.76. The number of nitrogens with one attached hydrogen (secondary N) is 1. The van der Waals surface area contributed by atoms with Crippen LogP contribution in [0.25, 0.3) is 16.8 Å². The van der Waals surface area contributed by atoms with Crippen LogP contribution in [0.2, 0.25) is 0 Å². The van der Waals surface area contributed by atoms with Crippen LogP contribution in [0.1, 0.15) is 11.1 Å². The zero-order valence-electron chi connectivity index (χ0n) is 15.5. The van der Waals surface area contributed by atoms with Gasteiger partial charge in [0.05, 0.1) is 5.69 Å². The molecule has 1 amide bonds. The molecule has 0 radical (unpaired) electrons. The van der Waals surface area contributed by atoms with E-state index in [2.05, 4.69) is 10.4 Å². The first-order valence-electron chi connectivity index (χ1n) is 9.07. The second kappa shape index (κ2) is 7.52. The van der Waals surface area contributed by atoms with Crippen LogP contribution in [0.3, 0.4) is 0 Å². The summed E-state index contributed by atoms with van der Waals surface area (Å²) in [6.07, 6.45) is 3.28. The summed E-state index contributed by atoms with van der Waals surface area (Å²) >= 11 is 0. The van der Waals surface area contributed by atoms with Gasteiger partial charge < -0.3 is 9.88 Å². The van der Waals surface area contributed by atoms with Crippen LogP contribution < -0.4 is 10.9 Å². The number of carbonyl (C=O) groups is 1. The van der Waals surface area contributed by atoms with E-state index in [9.17, 15) is 9.59 Å². The van der Waals surface area contributed by atoms with Gasteiger partial charge in [-0.1, -0.05) is 60.2 Å². The molecule has 0 aliphatic rings. The van der Waals surface area contributed by atoms with Gasteiger partial charge in [0.1, 0.15) is 12.1 Å². The zero-order chi connectivity index (χ0) is 19.5. The van der Waals surface area contributed by atoms with Gasteiger partial charge in [0, 0.05) is 24.5 Å². The number of nitrogens with zero attached hydrogens (tertiary/aromatic N) is 3. The molecule has 6 heteroatoms. The van der Waals surface area contributed by atoms with Crippen LogP contribution in [0.5, 0.6) is 0 Å². The molecule has 4 rings (SSSR count). The highest BCUT2D eigenvalue weighted by Crippen LogP contribution is 2.17. The van der Waals surface area contributed by atoms with Crippen LogP contribution in [0, 0.1) is 6.92 Å². The van der Waals surface area contributed by atoms with Crippen LogP contribution >= 0.6 is 0 Å². The summed E-state index contributed by atoms with van der Waals surface area (Å²) in [5, 5.41) is 7.30. The summed E-state index contributed by atoms with van der Waals surface area (Å²) < 4.78 is 2.95. The maximum absolute atomic E-state index is 12.7. The third kappa shape index (κ3) is 3.71. The van der Waals surface area contributed by atoms with Gasteiger partial charge >= 0.3 is 0 Å². The lowest BCUT2D eigenvalue weighted by molar-refractivity contribution is -0.121. The highest BCUT2D eigenvalue weighted by molar-refractivity contribution is 5.76. The summed E-state index contributed by atoms with van der Waals surface area (Å²) in [6.45, 7) is 2.42. The maximum Gasteiger partial charge on any atom is 0.277 e. The number of rotatable bonds is 5. The molecular formula is C22H20N4O2. The fraction of sp³-hybridized carbons (Fsp3) is 0.136. The predicted molar refractivity (Wildman–Crippen MR) is 108 cm³/mol. The third-order valence-corrected chi connectivity index (χ3v) is 4.60. The molecule has 0 saturated heterocycles. The molecule has 2 aromatic carbocycles. The Morgan fingerprint density at radius 2 is 1.79 bits per heavy atom. The molecule has 0 spiro atoms. The Morgan fingerprint density at radius 1 is 1.04 bits per heavy atom. The number of aromatic nitrogens is 3. The van der Waals surface area contributed by atoms with Crippen LogP contribution in [0.4, 0.5) is 0 Å². The monoisotopic (exact) mass is 372 g/mol. The Bertz CT molecular complexity index is 1170. The number of amides is 1. The fourth-order valence-electron chi connectivity index (χ4n) is 3.02. The average Bonchev–Trinajstić information content (AvgIpc) is 3.16. The standard InChI is InChI=1S/C22H20N4O2/c1-16-7-9-17(10-8-16)14-23-21(27)15-25-11-12-26-20(22(25)28)13-19(24-26)18-5-3-2-4-6-18/h2-13H,14-15H2,1H3,(H,23,27). The molecule has 0 unspecified atom stereocenters. The molecule has 2 aromatic heterocycles. The smallest absolute Gasteiger partial charge is 0.277 e. The van der Waals surface area contributed by atoms with E-state index in [-0.39, 0.29) is 18.0 Å². The van der Waals surface area contributed by atoms with E-state index in [0.717, 1.165) is 16.8 Å². The van der Waals surface area contributed by atoms with Gasteiger partial charge in [-0.25, -0.2) is 4.52 Å². The molecule has 0 fully saturated rings. The van der Waals surface area contributed by atoms with Crippen molar-refractivity contribution in [2.45, 2.75) is 20.0 Å². The largest absolute Gasteiger partial charge is 0.350 e. The van der Waals surface area contributed by atoms with Gasteiger partial charge in [-0.05, 0) is 18.6 Å². The van der Waals surface area contributed by atoms with Crippen molar-refractivity contribution in [1.29, 1.82) is 0 Å². The topological polar surface area (TPSA) is 68.4 Å². The molecule has 1 N–H and O–H groups in total. The normalized spacial score (nSPS) is 10.9. The predicted octanol–water partition coefficient (Wildman–Crippen LogP) is 2.79. The van der Waals surface area contributed by atoms with Crippen molar-refractivity contribution < 1.29 is 4.79 Å². The molecule has 2 heterocycles. The molecule has 0 bridgehead atoms. The van der Waals surface area contributed by atoms with Gasteiger partial charge in [0.2, 0.25) is 5.91 Å². The summed E-state index contributed by atoms with van der Waals surface area (Å²) in [7, 11) is 0. The molecule has 6 nitrogen and oxygen atoms in total. The highest BCUT2D eigenvalue weighted by Gasteiger charge is 2.11. The summed E-state index contributed by atoms with van der Waals surface area (Å²) in [4.78, 5) is 25.0. The van der Waals surface area contributed by atoms with Crippen molar-refractivity contribution in [1.82, 2.24) is 19.5 Å². The first-order valence-corrected chi connectivity index (χ1v) is 9.07. The van der Waals surface area contributed by atoms with Crippen LogP contribution in [0.15, 0.2) is 77.9 Å². The van der Waals surface area contributed by atoms with Gasteiger partial charge in [-0.2, -0.15) is 5.10 Å². The number of fused-ring (bicyclic) bond motifs is 1. The van der Waals surface area contributed by atoms with Gasteiger partial charge in [-0.3, -0.25) is 9.59 Å². The minimum Gasteiger partial charge on any atom is -0.350 e. The molecular weight excluding hydrogens is 352 g/mol. The fourth-order valence-corrected chi connectivity index (χ4v) is 3.02. The van der Waals surface area contributed by atoms with E-state index in [1.165, 1.54) is 10.1 Å². The van der Waals surface area contributed by atoms with E-state index in [4.69, 9.17) is 0 Å². The van der Waals surface area contributed by atoms with E-state index < -0.39 is 0 Å². The van der Waals surface area contributed by atoms with E-state index in [0.29, 0.717) is 12.1 Å². The van der Waals surface area contributed by atoms with Crippen molar-refractivity contribution >= 4 is 11.4 Å². The first kappa shape index (κ1) is 17.7. The first-order chi connectivity index (χ1) is 13.6. The minimum atomic E-state index is -0.248. The minimum absolute atomic E-state index is 0.0347. The van der Waals surface area contributed by atoms with Gasteiger partial charge in [0.25, 0.3) is 5.56 Å². The summed E-state index contributed by atoms with van der Waals surface area (Å²) in [5.41, 5.74) is 4.04. The number of carbonyl (C=O) groups excluding carboxylic acids is 1. The second-order valence-electron chi connectivity index (χ2n) is 6.72. The van der Waals surface area contributed by atoms with Crippen molar-refractivity contribution in [2.75, 3.05) is 0 Å². The summed E-state index contributed by atoms with van der Waals surface area (Å²) in [5.74, 6) is -0.213. The zero-order valence-corrected chi connectivity index (χ0v) is 15.5. The van der Waals surface area contributed by atoms with E-state index in [1.807, 2.05) is 61.5 Å². The number of aryl methyl sites for hydroxylation is 1. The Balaban J connectivity index is 1.50. The summed E-state index contributed by atoms with van der Waals surface area (Å²) in [6, 6.07) is 19.4. The number of hydrogen-bond donors (Lipinski definition) is 1. The van der Waals surface area contributed by atoms with Crippen LogP contribution in [-0.2, 0) is 17.9 Å². The third-order valence-electron chi connectivity index (χ3n) is 4.60. The SMILES string of the molecule is Cc1ccc(CNC(=O)Cn2ccn3nc(-c4ccccc4)cc3c2=O)cc1. The number of hydrogen-bond acceptors (Lipinski definition) is 3. The average molecular weight is 372 g/mol. The Labute approximate surface area is 162 Å². The van der Waals surface area contributed by atoms with Gasteiger partial charge in [-0.15, -0.1) is 0 Å². The molecule has 28 heavy (non-hydrogen) atoms. The van der Waals surface area contributed by atoms with Crippen molar-refractivity contribution in [3.05, 3.63) is 94.5 Å². The lowest BCUT2D eigenvalue weighted by atomic mass is 10.1. The van der Waals surface area contributed by atoms with Crippen molar-refractivity contribution in [2.24, 2.45) is 0 Å². The molecule has 0 aliphatic heterocycles. The Hall–Kier alpha value is -3.67. The molecule has 140 valence electrons. The molecule has 0 atom stereocenters. The lowest BCUT2D eigenvalue weighted by Gasteiger charge is -2.08. The highest BCUT2D eigenvalue weighted by atomic mass is 16.2. The quantitative estimate of drug-likeness (QED) is 0.586. The Morgan fingerprint density at radius 3 is 2.54 bits per heavy atom. The lowest BCUT2D eigenvalue weighted by Crippen LogP contribution is -2.32.